The molecule has 0 aliphatic heterocycles. The zero-order valence-electron chi connectivity index (χ0n) is 16.3. The molecular formula is C20H40O2Si. The van der Waals surface area contributed by atoms with E-state index in [0.717, 1.165) is 49.4 Å². The Hall–Kier alpha value is 0.137. The normalized spacial score (nSPS) is 33.3. The minimum atomic E-state index is -2.15. The van der Waals surface area contributed by atoms with Crippen molar-refractivity contribution in [3.05, 3.63) is 0 Å². The zero-order valence-corrected chi connectivity index (χ0v) is 17.3. The van der Waals surface area contributed by atoms with Gasteiger partial charge in [0.05, 0.1) is 0 Å². The van der Waals surface area contributed by atoms with E-state index in [-0.39, 0.29) is 0 Å². The van der Waals surface area contributed by atoms with Gasteiger partial charge in [-0.25, -0.2) is 0 Å². The molecule has 0 saturated heterocycles. The molecule has 0 aromatic rings. The molecule has 2 rings (SSSR count). The molecule has 2 nitrogen and oxygen atoms in total. The highest BCUT2D eigenvalue weighted by Gasteiger charge is 2.57. The molecule has 0 spiro atoms. The summed E-state index contributed by atoms with van der Waals surface area (Å²) in [6.07, 6.45) is 10.4. The highest BCUT2D eigenvalue weighted by molar-refractivity contribution is 6.70. The zero-order chi connectivity index (χ0) is 16.9. The third kappa shape index (κ3) is 4.22. The third-order valence-electron chi connectivity index (χ3n) is 6.74. The summed E-state index contributed by atoms with van der Waals surface area (Å²) in [6, 6.07) is 0. The molecule has 136 valence electrons. The van der Waals surface area contributed by atoms with Crippen LogP contribution in [-0.4, -0.2) is 21.8 Å². The average molecular weight is 341 g/mol. The first-order valence-corrected chi connectivity index (χ1v) is 12.3. The van der Waals surface area contributed by atoms with Crippen LogP contribution in [0.25, 0.3) is 0 Å². The SMILES string of the molecule is CCCO[Si](OCCC)(C1CCCCC1)C1CC(C)C(C)C1C. The van der Waals surface area contributed by atoms with Gasteiger partial charge in [0.2, 0.25) is 0 Å². The van der Waals surface area contributed by atoms with E-state index in [0.29, 0.717) is 5.54 Å². The van der Waals surface area contributed by atoms with Crippen molar-refractivity contribution in [2.45, 2.75) is 97.1 Å². The Balaban J connectivity index is 2.29. The predicted molar refractivity (Wildman–Crippen MR) is 101 cm³/mol. The van der Waals surface area contributed by atoms with Crippen LogP contribution in [0.15, 0.2) is 0 Å². The summed E-state index contributed by atoms with van der Waals surface area (Å²) < 4.78 is 13.6. The van der Waals surface area contributed by atoms with Gasteiger partial charge in [-0.3, -0.25) is 0 Å². The standard InChI is InChI=1S/C20H40O2Si/c1-6-13-21-23(22-14-7-2,19-11-9-8-10-12-19)20-15-16(3)17(4)18(20)5/h16-20H,6-15H2,1-5H3. The summed E-state index contributed by atoms with van der Waals surface area (Å²) in [5, 5.41) is 0. The number of hydrogen-bond acceptors (Lipinski definition) is 2. The van der Waals surface area contributed by atoms with Crippen LogP contribution < -0.4 is 0 Å². The molecule has 0 radical (unpaired) electrons. The summed E-state index contributed by atoms with van der Waals surface area (Å²) in [5.41, 5.74) is 1.44. The molecule has 4 atom stereocenters. The van der Waals surface area contributed by atoms with Crippen molar-refractivity contribution in [1.82, 2.24) is 0 Å². The lowest BCUT2D eigenvalue weighted by Crippen LogP contribution is -2.53. The Bertz CT molecular complexity index is 333. The maximum atomic E-state index is 6.79. The smallest absolute Gasteiger partial charge is 0.344 e. The molecule has 4 unspecified atom stereocenters. The first-order chi connectivity index (χ1) is 11.1. The fourth-order valence-electron chi connectivity index (χ4n) is 5.07. The van der Waals surface area contributed by atoms with E-state index < -0.39 is 8.56 Å². The van der Waals surface area contributed by atoms with E-state index in [1.165, 1.54) is 38.5 Å². The van der Waals surface area contributed by atoms with Crippen LogP contribution in [0.5, 0.6) is 0 Å². The molecule has 0 aromatic heterocycles. The minimum absolute atomic E-state index is 0.702. The number of rotatable bonds is 8. The van der Waals surface area contributed by atoms with Crippen molar-refractivity contribution < 1.29 is 8.85 Å². The van der Waals surface area contributed by atoms with Gasteiger partial charge in [0, 0.05) is 24.3 Å². The fourth-order valence-corrected chi connectivity index (χ4v) is 10.7. The van der Waals surface area contributed by atoms with Crippen LogP contribution in [0, 0.1) is 17.8 Å². The van der Waals surface area contributed by atoms with Gasteiger partial charge in [-0.1, -0.05) is 53.9 Å². The summed E-state index contributed by atoms with van der Waals surface area (Å²) in [4.78, 5) is 0. The van der Waals surface area contributed by atoms with Crippen LogP contribution in [0.3, 0.4) is 0 Å². The van der Waals surface area contributed by atoms with Crippen molar-refractivity contribution in [3.8, 4) is 0 Å². The molecule has 2 aliphatic rings. The summed E-state index contributed by atoms with van der Waals surface area (Å²) in [7, 11) is -2.15. The molecule has 2 aliphatic carbocycles. The van der Waals surface area contributed by atoms with Crippen LogP contribution in [0.4, 0.5) is 0 Å². The first kappa shape index (κ1) is 19.5. The van der Waals surface area contributed by atoms with Crippen molar-refractivity contribution in [3.63, 3.8) is 0 Å². The molecule has 23 heavy (non-hydrogen) atoms. The van der Waals surface area contributed by atoms with Crippen molar-refractivity contribution >= 4 is 8.56 Å². The maximum Gasteiger partial charge on any atom is 0.344 e. The minimum Gasteiger partial charge on any atom is -0.394 e. The van der Waals surface area contributed by atoms with E-state index >= 15 is 0 Å². The second-order valence-corrected chi connectivity index (χ2v) is 11.9. The quantitative estimate of drug-likeness (QED) is 0.483. The Morgan fingerprint density at radius 3 is 1.83 bits per heavy atom. The molecule has 0 bridgehead atoms. The Morgan fingerprint density at radius 1 is 0.826 bits per heavy atom. The first-order valence-electron chi connectivity index (χ1n) is 10.3. The van der Waals surface area contributed by atoms with Gasteiger partial charge >= 0.3 is 8.56 Å². The molecule has 2 saturated carbocycles. The monoisotopic (exact) mass is 340 g/mol. The molecular weight excluding hydrogens is 300 g/mol. The van der Waals surface area contributed by atoms with Crippen LogP contribution in [-0.2, 0) is 8.85 Å². The summed E-state index contributed by atoms with van der Waals surface area (Å²) >= 11 is 0. The molecule has 2 fully saturated rings. The Kier molecular flexibility index (Phi) is 7.62. The highest BCUT2D eigenvalue weighted by Crippen LogP contribution is 2.56. The molecule has 0 amide bonds. The van der Waals surface area contributed by atoms with Crippen LogP contribution >= 0.6 is 0 Å². The highest BCUT2D eigenvalue weighted by atomic mass is 28.4. The van der Waals surface area contributed by atoms with E-state index in [4.69, 9.17) is 8.85 Å². The maximum absolute atomic E-state index is 6.79. The lowest BCUT2D eigenvalue weighted by atomic mass is 9.94. The average Bonchev–Trinajstić information content (AvgIpc) is 2.84. The molecule has 0 heterocycles. The Labute approximate surface area is 146 Å². The summed E-state index contributed by atoms with van der Waals surface area (Å²) in [6.45, 7) is 13.7. The van der Waals surface area contributed by atoms with E-state index in [2.05, 4.69) is 34.6 Å². The topological polar surface area (TPSA) is 18.5 Å². The lowest BCUT2D eigenvalue weighted by molar-refractivity contribution is 0.134. The van der Waals surface area contributed by atoms with Crippen molar-refractivity contribution in [2.75, 3.05) is 13.2 Å². The van der Waals surface area contributed by atoms with Gasteiger partial charge < -0.3 is 8.85 Å². The molecule has 0 aromatic carbocycles. The van der Waals surface area contributed by atoms with Crippen LogP contribution in [0.1, 0.15) is 86.0 Å². The van der Waals surface area contributed by atoms with Crippen molar-refractivity contribution in [1.29, 1.82) is 0 Å². The van der Waals surface area contributed by atoms with Gasteiger partial charge in [-0.2, -0.15) is 0 Å². The largest absolute Gasteiger partial charge is 0.394 e. The van der Waals surface area contributed by atoms with Crippen molar-refractivity contribution in [2.24, 2.45) is 17.8 Å². The van der Waals surface area contributed by atoms with Gasteiger partial charge in [-0.05, 0) is 49.9 Å². The van der Waals surface area contributed by atoms with Crippen LogP contribution in [0.2, 0.25) is 11.1 Å². The number of hydrogen-bond donors (Lipinski definition) is 0. The molecule has 0 N–H and O–H groups in total. The van der Waals surface area contributed by atoms with Gasteiger partial charge in [0.15, 0.2) is 0 Å². The second-order valence-electron chi connectivity index (χ2n) is 8.29. The van der Waals surface area contributed by atoms with Gasteiger partial charge in [0.1, 0.15) is 0 Å². The lowest BCUT2D eigenvalue weighted by Gasteiger charge is -2.45. The predicted octanol–water partition coefficient (Wildman–Crippen LogP) is 6.30. The van der Waals surface area contributed by atoms with Gasteiger partial charge in [0.25, 0.3) is 0 Å². The summed E-state index contributed by atoms with van der Waals surface area (Å²) in [5.74, 6) is 2.39. The Morgan fingerprint density at radius 2 is 1.39 bits per heavy atom. The van der Waals surface area contributed by atoms with Gasteiger partial charge in [-0.15, -0.1) is 0 Å². The van der Waals surface area contributed by atoms with E-state index in [1.54, 1.807) is 0 Å². The second kappa shape index (κ2) is 9.01. The third-order valence-corrected chi connectivity index (χ3v) is 11.6. The fraction of sp³-hybridized carbons (Fsp3) is 1.00. The molecule has 3 heteroatoms. The van der Waals surface area contributed by atoms with E-state index in [1.807, 2.05) is 0 Å². The van der Waals surface area contributed by atoms with E-state index in [9.17, 15) is 0 Å².